The van der Waals surface area contributed by atoms with Crippen LogP contribution in [0.4, 0.5) is 0 Å². The van der Waals surface area contributed by atoms with Crippen molar-refractivity contribution in [2.75, 3.05) is 13.1 Å². The quantitative estimate of drug-likeness (QED) is 0.696. The van der Waals surface area contributed by atoms with Gasteiger partial charge in [0.05, 0.1) is 25.4 Å². The summed E-state index contributed by atoms with van der Waals surface area (Å²) in [5.41, 5.74) is 0.898. The predicted octanol–water partition coefficient (Wildman–Crippen LogP) is 1.66. The largest absolute Gasteiger partial charge is 0.459 e. The minimum absolute atomic E-state index is 0.113. The fraction of sp³-hybridized carbons (Fsp3) is 0.235. The molecule has 1 heterocycles. The van der Waals surface area contributed by atoms with E-state index in [4.69, 9.17) is 16.0 Å². The number of carbonyl (C=O) groups is 3. The lowest BCUT2D eigenvalue weighted by molar-refractivity contribution is -0.125. The molecule has 3 N–H and O–H groups in total. The highest BCUT2D eigenvalue weighted by Gasteiger charge is 2.12. The third kappa shape index (κ3) is 5.96. The van der Waals surface area contributed by atoms with Crippen LogP contribution in [0.15, 0.2) is 47.1 Å². The maximum Gasteiger partial charge on any atom is 0.287 e. The second kappa shape index (κ2) is 8.89. The standard InChI is InChI=1S/C17H18ClN3O4/c1-11(12-4-6-13(18)7-5-12)21-16(23)10-19-15(22)9-20-17(24)14-3-2-8-25-14/h2-8,11H,9-10H2,1H3,(H,19,22)(H,20,24)(H,21,23). The Morgan fingerprint density at radius 1 is 1.04 bits per heavy atom. The van der Waals surface area contributed by atoms with Gasteiger partial charge >= 0.3 is 0 Å². The third-order valence-corrected chi connectivity index (χ3v) is 3.60. The molecule has 0 aliphatic heterocycles. The molecule has 1 aromatic heterocycles. The zero-order chi connectivity index (χ0) is 18.2. The van der Waals surface area contributed by atoms with E-state index >= 15 is 0 Å². The topological polar surface area (TPSA) is 100 Å². The van der Waals surface area contributed by atoms with E-state index in [1.807, 2.05) is 19.1 Å². The van der Waals surface area contributed by atoms with Gasteiger partial charge in [-0.15, -0.1) is 0 Å². The number of carbonyl (C=O) groups excluding carboxylic acids is 3. The van der Waals surface area contributed by atoms with Crippen LogP contribution in [0.3, 0.4) is 0 Å². The molecule has 1 unspecified atom stereocenters. The minimum atomic E-state index is -0.499. The van der Waals surface area contributed by atoms with Crippen LogP contribution in [0.5, 0.6) is 0 Å². The molecule has 0 aliphatic rings. The highest BCUT2D eigenvalue weighted by atomic mass is 35.5. The molecule has 0 saturated heterocycles. The van der Waals surface area contributed by atoms with Gasteiger partial charge in [-0.2, -0.15) is 0 Å². The molecule has 2 aromatic rings. The van der Waals surface area contributed by atoms with E-state index in [0.29, 0.717) is 5.02 Å². The first-order valence-electron chi connectivity index (χ1n) is 7.59. The number of amides is 3. The molecule has 0 radical (unpaired) electrons. The van der Waals surface area contributed by atoms with Gasteiger partial charge in [-0.1, -0.05) is 23.7 Å². The van der Waals surface area contributed by atoms with Crippen LogP contribution in [0.25, 0.3) is 0 Å². The molecule has 0 saturated carbocycles. The Morgan fingerprint density at radius 2 is 1.72 bits per heavy atom. The summed E-state index contributed by atoms with van der Waals surface area (Å²) in [6, 6.07) is 9.94. The van der Waals surface area contributed by atoms with E-state index in [1.54, 1.807) is 18.2 Å². The van der Waals surface area contributed by atoms with Crippen molar-refractivity contribution in [2.45, 2.75) is 13.0 Å². The average Bonchev–Trinajstić information content (AvgIpc) is 3.13. The van der Waals surface area contributed by atoms with Gasteiger partial charge in [-0.05, 0) is 36.8 Å². The molecule has 1 aromatic carbocycles. The van der Waals surface area contributed by atoms with Crippen LogP contribution in [0.2, 0.25) is 5.02 Å². The van der Waals surface area contributed by atoms with Gasteiger partial charge in [0, 0.05) is 5.02 Å². The molecule has 0 fully saturated rings. The lowest BCUT2D eigenvalue weighted by Crippen LogP contribution is -2.42. The molecule has 3 amide bonds. The lowest BCUT2D eigenvalue weighted by atomic mass is 10.1. The van der Waals surface area contributed by atoms with Crippen molar-refractivity contribution >= 4 is 29.3 Å². The van der Waals surface area contributed by atoms with Gasteiger partial charge < -0.3 is 20.4 Å². The Hall–Kier alpha value is -2.80. The number of furan rings is 1. The highest BCUT2D eigenvalue weighted by Crippen LogP contribution is 2.15. The van der Waals surface area contributed by atoms with E-state index in [-0.39, 0.29) is 30.8 Å². The van der Waals surface area contributed by atoms with Gasteiger partial charge in [0.15, 0.2) is 5.76 Å². The smallest absolute Gasteiger partial charge is 0.287 e. The van der Waals surface area contributed by atoms with Gasteiger partial charge in [0.25, 0.3) is 5.91 Å². The number of nitrogens with one attached hydrogen (secondary N) is 3. The molecule has 25 heavy (non-hydrogen) atoms. The van der Waals surface area contributed by atoms with Crippen molar-refractivity contribution in [1.29, 1.82) is 0 Å². The van der Waals surface area contributed by atoms with Crippen LogP contribution >= 0.6 is 11.6 Å². The van der Waals surface area contributed by atoms with E-state index < -0.39 is 11.8 Å². The summed E-state index contributed by atoms with van der Waals surface area (Å²) in [5, 5.41) is 8.20. The molecule has 8 heteroatoms. The minimum Gasteiger partial charge on any atom is -0.459 e. The summed E-state index contributed by atoms with van der Waals surface area (Å²) in [6.45, 7) is 1.39. The Labute approximate surface area is 149 Å². The van der Waals surface area contributed by atoms with Crippen LogP contribution < -0.4 is 16.0 Å². The van der Waals surface area contributed by atoms with Gasteiger partial charge in [0.2, 0.25) is 11.8 Å². The first kappa shape index (κ1) is 18.5. The molecule has 0 aliphatic carbocycles. The van der Waals surface area contributed by atoms with Gasteiger partial charge in [-0.25, -0.2) is 0 Å². The maximum atomic E-state index is 11.9. The first-order valence-corrected chi connectivity index (χ1v) is 7.96. The maximum absolute atomic E-state index is 11.9. The average molecular weight is 364 g/mol. The highest BCUT2D eigenvalue weighted by molar-refractivity contribution is 6.30. The molecular formula is C17H18ClN3O4. The molecule has 0 spiro atoms. The summed E-state index contributed by atoms with van der Waals surface area (Å²) in [7, 11) is 0. The van der Waals surface area contributed by atoms with Gasteiger partial charge in [0.1, 0.15) is 0 Å². The van der Waals surface area contributed by atoms with Crippen LogP contribution in [0.1, 0.15) is 29.1 Å². The Morgan fingerprint density at radius 3 is 2.36 bits per heavy atom. The zero-order valence-electron chi connectivity index (χ0n) is 13.5. The molecule has 2 rings (SSSR count). The number of benzene rings is 1. The van der Waals surface area contributed by atoms with Crippen molar-refractivity contribution < 1.29 is 18.8 Å². The van der Waals surface area contributed by atoms with Crippen LogP contribution in [0, 0.1) is 0 Å². The molecular weight excluding hydrogens is 346 g/mol. The zero-order valence-corrected chi connectivity index (χ0v) is 14.3. The number of hydrogen-bond donors (Lipinski definition) is 3. The van der Waals surface area contributed by atoms with E-state index in [0.717, 1.165) is 5.56 Å². The summed E-state index contributed by atoms with van der Waals surface area (Å²) < 4.78 is 4.90. The Kier molecular flexibility index (Phi) is 6.59. The Balaban J connectivity index is 1.69. The van der Waals surface area contributed by atoms with Crippen LogP contribution in [-0.4, -0.2) is 30.8 Å². The summed E-state index contributed by atoms with van der Waals surface area (Å²) >= 11 is 5.82. The summed E-state index contributed by atoms with van der Waals surface area (Å²) in [4.78, 5) is 35.1. The number of hydrogen-bond acceptors (Lipinski definition) is 4. The van der Waals surface area contributed by atoms with Gasteiger partial charge in [-0.3, -0.25) is 14.4 Å². The van der Waals surface area contributed by atoms with Crippen molar-refractivity contribution in [1.82, 2.24) is 16.0 Å². The van der Waals surface area contributed by atoms with Crippen LogP contribution in [-0.2, 0) is 9.59 Å². The number of halogens is 1. The van der Waals surface area contributed by atoms with E-state index in [1.165, 1.54) is 12.3 Å². The monoisotopic (exact) mass is 363 g/mol. The van der Waals surface area contributed by atoms with Crippen molar-refractivity contribution in [3.05, 3.63) is 59.0 Å². The van der Waals surface area contributed by atoms with E-state index in [2.05, 4.69) is 16.0 Å². The Bertz CT molecular complexity index is 729. The SMILES string of the molecule is CC(NC(=O)CNC(=O)CNC(=O)c1ccco1)c1ccc(Cl)cc1. The fourth-order valence-electron chi connectivity index (χ4n) is 2.02. The second-order valence-corrected chi connectivity index (χ2v) is 5.71. The predicted molar refractivity (Wildman–Crippen MR) is 92.1 cm³/mol. The number of rotatable bonds is 7. The summed E-state index contributed by atoms with van der Waals surface area (Å²) in [5.74, 6) is -1.20. The molecule has 7 nitrogen and oxygen atoms in total. The lowest BCUT2D eigenvalue weighted by Gasteiger charge is -2.14. The second-order valence-electron chi connectivity index (χ2n) is 5.28. The van der Waals surface area contributed by atoms with E-state index in [9.17, 15) is 14.4 Å². The normalized spacial score (nSPS) is 11.4. The summed E-state index contributed by atoms with van der Waals surface area (Å²) in [6.07, 6.45) is 1.36. The third-order valence-electron chi connectivity index (χ3n) is 3.35. The van der Waals surface area contributed by atoms with Crippen molar-refractivity contribution in [2.24, 2.45) is 0 Å². The molecule has 0 bridgehead atoms. The van der Waals surface area contributed by atoms with Crippen molar-refractivity contribution in [3.63, 3.8) is 0 Å². The fourth-order valence-corrected chi connectivity index (χ4v) is 2.15. The molecule has 1 atom stereocenters. The molecule has 132 valence electrons. The first-order chi connectivity index (χ1) is 12.0. The van der Waals surface area contributed by atoms with Crippen molar-refractivity contribution in [3.8, 4) is 0 Å².